The zero-order chi connectivity index (χ0) is 21.8. The molecule has 0 bridgehead atoms. The van der Waals surface area contributed by atoms with E-state index in [-0.39, 0.29) is 18.6 Å². The number of rotatable bonds is 13. The molecule has 1 atom stereocenters. The highest BCUT2D eigenvalue weighted by molar-refractivity contribution is 5.79. The van der Waals surface area contributed by atoms with Gasteiger partial charge in [-0.3, -0.25) is 4.79 Å². The van der Waals surface area contributed by atoms with Crippen molar-refractivity contribution < 1.29 is 14.3 Å². The van der Waals surface area contributed by atoms with Gasteiger partial charge in [-0.1, -0.05) is 26.0 Å². The molecule has 1 aliphatic carbocycles. The standard InChI is InChI=1S/C23H38N4O3/c1-5-24-23(25-13-12-21(17(3)4)29-6-2)26-15-18-8-7-9-20(14-18)30-16-22(28)27-19-10-11-19/h7-9,14,17,19,21H,5-6,10-13,15-16H2,1-4H3,(H,27,28)(H2,24,25,26). The van der Waals surface area contributed by atoms with Crippen molar-refractivity contribution in [2.45, 2.75) is 65.6 Å². The lowest BCUT2D eigenvalue weighted by atomic mass is 10.0. The maximum Gasteiger partial charge on any atom is 0.258 e. The highest BCUT2D eigenvalue weighted by atomic mass is 16.5. The summed E-state index contributed by atoms with van der Waals surface area (Å²) in [5.74, 6) is 1.89. The molecule has 7 nitrogen and oxygen atoms in total. The SMILES string of the molecule is CCNC(=NCc1cccc(OCC(=O)NC2CC2)c1)NCCC(OCC)C(C)C. The van der Waals surface area contributed by atoms with Crippen molar-refractivity contribution in [2.75, 3.05) is 26.3 Å². The third kappa shape index (κ3) is 9.48. The van der Waals surface area contributed by atoms with E-state index in [1.165, 1.54) is 0 Å². The van der Waals surface area contributed by atoms with E-state index < -0.39 is 0 Å². The van der Waals surface area contributed by atoms with E-state index in [1.807, 2.05) is 31.2 Å². The minimum Gasteiger partial charge on any atom is -0.484 e. The lowest BCUT2D eigenvalue weighted by Crippen LogP contribution is -2.39. The molecule has 1 fully saturated rings. The van der Waals surface area contributed by atoms with Crippen LogP contribution in [0.2, 0.25) is 0 Å². The second-order valence-electron chi connectivity index (χ2n) is 7.93. The molecule has 30 heavy (non-hydrogen) atoms. The van der Waals surface area contributed by atoms with Crippen molar-refractivity contribution in [1.82, 2.24) is 16.0 Å². The van der Waals surface area contributed by atoms with Crippen LogP contribution in [0.3, 0.4) is 0 Å². The van der Waals surface area contributed by atoms with Gasteiger partial charge in [-0.2, -0.15) is 0 Å². The van der Waals surface area contributed by atoms with E-state index in [0.717, 1.165) is 50.5 Å². The molecule has 1 aliphatic rings. The van der Waals surface area contributed by atoms with Gasteiger partial charge in [0.15, 0.2) is 12.6 Å². The molecule has 0 aromatic heterocycles. The van der Waals surface area contributed by atoms with Crippen molar-refractivity contribution >= 4 is 11.9 Å². The van der Waals surface area contributed by atoms with Gasteiger partial charge in [0, 0.05) is 25.7 Å². The maximum atomic E-state index is 11.8. The van der Waals surface area contributed by atoms with Crippen molar-refractivity contribution in [3.8, 4) is 5.75 Å². The van der Waals surface area contributed by atoms with Crippen LogP contribution in [-0.4, -0.2) is 50.3 Å². The molecule has 3 N–H and O–H groups in total. The summed E-state index contributed by atoms with van der Waals surface area (Å²) in [6, 6.07) is 8.08. The third-order valence-corrected chi connectivity index (χ3v) is 4.82. The highest BCUT2D eigenvalue weighted by Crippen LogP contribution is 2.18. The Balaban J connectivity index is 1.83. The van der Waals surface area contributed by atoms with E-state index in [1.54, 1.807) is 0 Å². The molecule has 1 aromatic rings. The van der Waals surface area contributed by atoms with Gasteiger partial charge in [0.05, 0.1) is 12.6 Å². The van der Waals surface area contributed by atoms with Crippen molar-refractivity contribution in [3.63, 3.8) is 0 Å². The normalized spacial score (nSPS) is 15.0. The van der Waals surface area contributed by atoms with Gasteiger partial charge in [-0.15, -0.1) is 0 Å². The number of carbonyl (C=O) groups excluding carboxylic acids is 1. The molecule has 0 spiro atoms. The van der Waals surface area contributed by atoms with E-state index in [0.29, 0.717) is 24.3 Å². The second kappa shape index (κ2) is 13.1. The molecule has 0 radical (unpaired) electrons. The Morgan fingerprint density at radius 1 is 1.23 bits per heavy atom. The first-order valence-corrected chi connectivity index (χ1v) is 11.2. The van der Waals surface area contributed by atoms with Crippen LogP contribution in [0.25, 0.3) is 0 Å². The summed E-state index contributed by atoms with van der Waals surface area (Å²) in [4.78, 5) is 16.5. The lowest BCUT2D eigenvalue weighted by molar-refractivity contribution is -0.123. The Morgan fingerprint density at radius 3 is 2.70 bits per heavy atom. The Labute approximate surface area is 181 Å². The lowest BCUT2D eigenvalue weighted by Gasteiger charge is -2.21. The first-order chi connectivity index (χ1) is 14.5. The monoisotopic (exact) mass is 418 g/mol. The average molecular weight is 419 g/mol. The second-order valence-corrected chi connectivity index (χ2v) is 7.93. The summed E-state index contributed by atoms with van der Waals surface area (Å²) in [6.07, 6.45) is 3.33. The highest BCUT2D eigenvalue weighted by Gasteiger charge is 2.23. The van der Waals surface area contributed by atoms with Gasteiger partial charge in [0.2, 0.25) is 0 Å². The molecule has 0 saturated heterocycles. The number of amides is 1. The fourth-order valence-corrected chi connectivity index (χ4v) is 3.05. The summed E-state index contributed by atoms with van der Waals surface area (Å²) >= 11 is 0. The molecule has 1 aromatic carbocycles. The molecule has 1 unspecified atom stereocenters. The van der Waals surface area contributed by atoms with Crippen LogP contribution in [-0.2, 0) is 16.1 Å². The number of nitrogens with one attached hydrogen (secondary N) is 3. The number of hydrogen-bond acceptors (Lipinski definition) is 4. The van der Waals surface area contributed by atoms with Gasteiger partial charge in [-0.25, -0.2) is 4.99 Å². The fourth-order valence-electron chi connectivity index (χ4n) is 3.05. The topological polar surface area (TPSA) is 84.0 Å². The smallest absolute Gasteiger partial charge is 0.258 e. The predicted octanol–water partition coefficient (Wildman–Crippen LogP) is 2.85. The molecular weight excluding hydrogens is 380 g/mol. The number of nitrogens with zero attached hydrogens (tertiary/aromatic N) is 1. The van der Waals surface area contributed by atoms with Gasteiger partial charge in [0.1, 0.15) is 5.75 Å². The van der Waals surface area contributed by atoms with Crippen LogP contribution in [0, 0.1) is 5.92 Å². The van der Waals surface area contributed by atoms with Crippen molar-refractivity contribution in [1.29, 1.82) is 0 Å². The summed E-state index contributed by atoms with van der Waals surface area (Å²) < 4.78 is 11.4. The maximum absolute atomic E-state index is 11.8. The van der Waals surface area contributed by atoms with E-state index in [9.17, 15) is 4.79 Å². The number of aliphatic imine (C=N–C) groups is 1. The van der Waals surface area contributed by atoms with Gasteiger partial charge < -0.3 is 25.4 Å². The van der Waals surface area contributed by atoms with E-state index in [4.69, 9.17) is 9.47 Å². The van der Waals surface area contributed by atoms with Crippen molar-refractivity contribution in [3.05, 3.63) is 29.8 Å². The predicted molar refractivity (Wildman–Crippen MR) is 121 cm³/mol. The zero-order valence-electron chi connectivity index (χ0n) is 18.9. The van der Waals surface area contributed by atoms with Gasteiger partial charge in [0.25, 0.3) is 5.91 Å². The Hall–Kier alpha value is -2.28. The largest absolute Gasteiger partial charge is 0.484 e. The van der Waals surface area contributed by atoms with Crippen LogP contribution in [0.1, 0.15) is 52.5 Å². The van der Waals surface area contributed by atoms with Gasteiger partial charge >= 0.3 is 0 Å². The number of ether oxygens (including phenoxy) is 2. The Morgan fingerprint density at radius 2 is 2.03 bits per heavy atom. The van der Waals surface area contributed by atoms with Gasteiger partial charge in [-0.05, 0) is 56.7 Å². The first kappa shape index (κ1) is 24.0. The molecule has 0 aliphatic heterocycles. The molecular formula is C23H38N4O3. The minimum absolute atomic E-state index is 0.0459. The molecule has 0 heterocycles. The van der Waals surface area contributed by atoms with E-state index >= 15 is 0 Å². The molecule has 1 amide bonds. The van der Waals surface area contributed by atoms with Crippen LogP contribution < -0.4 is 20.7 Å². The number of benzene rings is 1. The summed E-state index contributed by atoms with van der Waals surface area (Å²) in [5.41, 5.74) is 1.03. The quantitative estimate of drug-likeness (QED) is 0.339. The number of hydrogen-bond donors (Lipinski definition) is 3. The third-order valence-electron chi connectivity index (χ3n) is 4.82. The van der Waals surface area contributed by atoms with Crippen LogP contribution in [0.4, 0.5) is 0 Å². The first-order valence-electron chi connectivity index (χ1n) is 11.2. The fraction of sp³-hybridized carbons (Fsp3) is 0.652. The van der Waals surface area contributed by atoms with E-state index in [2.05, 4.69) is 41.7 Å². The summed E-state index contributed by atoms with van der Waals surface area (Å²) in [6.45, 7) is 11.4. The van der Waals surface area contributed by atoms with Crippen LogP contribution in [0.15, 0.2) is 29.3 Å². The average Bonchev–Trinajstić information content (AvgIpc) is 3.54. The van der Waals surface area contributed by atoms with Crippen LogP contribution in [0.5, 0.6) is 5.75 Å². The molecule has 7 heteroatoms. The number of carbonyl (C=O) groups is 1. The van der Waals surface area contributed by atoms with Crippen LogP contribution >= 0.6 is 0 Å². The van der Waals surface area contributed by atoms with Crippen molar-refractivity contribution in [2.24, 2.45) is 10.9 Å². The number of guanidine groups is 1. The minimum atomic E-state index is -0.0636. The zero-order valence-corrected chi connectivity index (χ0v) is 18.9. The molecule has 168 valence electrons. The summed E-state index contributed by atoms with van der Waals surface area (Å²) in [7, 11) is 0. The Kier molecular flexibility index (Phi) is 10.5. The Bertz CT molecular complexity index is 674. The summed E-state index contributed by atoms with van der Waals surface area (Å²) in [5, 5.41) is 9.59. The molecule has 1 saturated carbocycles. The molecule has 2 rings (SSSR count).